The summed E-state index contributed by atoms with van der Waals surface area (Å²) in [5.74, 6) is 0. The number of rotatable bonds is 4. The monoisotopic (exact) mass is 236 g/mol. The average Bonchev–Trinajstić information content (AvgIpc) is 2.56. The van der Waals surface area contributed by atoms with Crippen molar-refractivity contribution in [2.24, 2.45) is 5.41 Å². The Bertz CT molecular complexity index is 315. The first-order valence-corrected chi connectivity index (χ1v) is 6.06. The van der Waals surface area contributed by atoms with Gasteiger partial charge in [0.25, 0.3) is 0 Å². The second-order valence-electron chi connectivity index (χ2n) is 4.89. The van der Waals surface area contributed by atoms with Crippen molar-refractivity contribution in [2.75, 3.05) is 33.0 Å². The summed E-state index contributed by atoms with van der Waals surface area (Å²) in [5.41, 5.74) is 1.18. The zero-order valence-electron chi connectivity index (χ0n) is 10.4. The minimum absolute atomic E-state index is 0.0225. The molecule has 0 amide bonds. The lowest BCUT2D eigenvalue weighted by molar-refractivity contribution is -0.0227. The Balaban J connectivity index is 1.77. The minimum atomic E-state index is -0.0225. The second-order valence-corrected chi connectivity index (χ2v) is 4.89. The Hall–Kier alpha value is -0.900. The molecule has 3 nitrogen and oxygen atoms in total. The molecule has 17 heavy (non-hydrogen) atoms. The third kappa shape index (κ3) is 4.11. The molecule has 2 rings (SSSR count). The van der Waals surface area contributed by atoms with Crippen LogP contribution < -0.4 is 0 Å². The fourth-order valence-electron chi connectivity index (χ4n) is 1.87. The summed E-state index contributed by atoms with van der Waals surface area (Å²) in [6.45, 7) is 6.26. The van der Waals surface area contributed by atoms with Gasteiger partial charge in [0, 0.05) is 5.41 Å². The highest BCUT2D eigenvalue weighted by Gasteiger charge is 2.27. The van der Waals surface area contributed by atoms with E-state index in [9.17, 15) is 0 Å². The predicted octanol–water partition coefficient (Wildman–Crippen LogP) is 2.26. The predicted molar refractivity (Wildman–Crippen MR) is 65.8 cm³/mol. The van der Waals surface area contributed by atoms with Gasteiger partial charge >= 0.3 is 0 Å². The number of hydrogen-bond donors (Lipinski definition) is 0. The molecule has 1 aliphatic rings. The largest absolute Gasteiger partial charge is 0.378 e. The zero-order valence-corrected chi connectivity index (χ0v) is 10.4. The summed E-state index contributed by atoms with van der Waals surface area (Å²) in [4.78, 5) is 0. The summed E-state index contributed by atoms with van der Waals surface area (Å²) in [6.07, 6.45) is 0. The van der Waals surface area contributed by atoms with Crippen molar-refractivity contribution in [3.05, 3.63) is 35.9 Å². The van der Waals surface area contributed by atoms with Gasteiger partial charge in [-0.15, -0.1) is 0 Å². The van der Waals surface area contributed by atoms with Crippen LogP contribution in [-0.2, 0) is 20.8 Å². The fraction of sp³-hybridized carbons (Fsp3) is 0.571. The molecule has 0 bridgehead atoms. The Morgan fingerprint density at radius 2 is 1.76 bits per heavy atom. The zero-order chi connectivity index (χ0) is 12.0. The van der Waals surface area contributed by atoms with Crippen LogP contribution in [-0.4, -0.2) is 33.0 Å². The molecule has 94 valence electrons. The van der Waals surface area contributed by atoms with Gasteiger partial charge in [0.15, 0.2) is 0 Å². The maximum Gasteiger partial charge on any atom is 0.0717 e. The molecule has 0 aliphatic carbocycles. The van der Waals surface area contributed by atoms with E-state index in [1.54, 1.807) is 0 Å². The second kappa shape index (κ2) is 6.15. The summed E-state index contributed by atoms with van der Waals surface area (Å²) < 4.78 is 16.8. The van der Waals surface area contributed by atoms with Crippen LogP contribution in [0.1, 0.15) is 12.5 Å². The van der Waals surface area contributed by atoms with Crippen molar-refractivity contribution in [1.82, 2.24) is 0 Å². The van der Waals surface area contributed by atoms with Gasteiger partial charge in [0.1, 0.15) is 0 Å². The molecular formula is C14H20O3. The standard InChI is InChI=1S/C14H20O3/c1-14(10-15-7-8-16-11-14)12-17-9-13-5-3-2-4-6-13/h2-6H,7-12H2,1H3. The molecule has 0 unspecified atom stereocenters. The molecule has 1 aliphatic heterocycles. The lowest BCUT2D eigenvalue weighted by atomic mass is 9.94. The normalized spacial score (nSPS) is 19.8. The van der Waals surface area contributed by atoms with Crippen LogP contribution in [0.3, 0.4) is 0 Å². The van der Waals surface area contributed by atoms with E-state index in [4.69, 9.17) is 14.2 Å². The van der Waals surface area contributed by atoms with Gasteiger partial charge in [-0.3, -0.25) is 0 Å². The van der Waals surface area contributed by atoms with Crippen molar-refractivity contribution in [2.45, 2.75) is 13.5 Å². The molecule has 1 heterocycles. The Labute approximate surface area is 103 Å². The molecular weight excluding hydrogens is 216 g/mol. The van der Waals surface area contributed by atoms with Crippen LogP contribution in [0, 0.1) is 5.41 Å². The van der Waals surface area contributed by atoms with Gasteiger partial charge in [-0.25, -0.2) is 0 Å². The van der Waals surface area contributed by atoms with E-state index in [1.165, 1.54) is 5.56 Å². The molecule has 0 atom stereocenters. The van der Waals surface area contributed by atoms with Crippen LogP contribution in [0.4, 0.5) is 0 Å². The van der Waals surface area contributed by atoms with Crippen LogP contribution in [0.25, 0.3) is 0 Å². The van der Waals surface area contributed by atoms with E-state index >= 15 is 0 Å². The molecule has 0 saturated carbocycles. The molecule has 1 fully saturated rings. The summed E-state index contributed by atoms with van der Waals surface area (Å²) in [7, 11) is 0. The Morgan fingerprint density at radius 3 is 2.41 bits per heavy atom. The number of ether oxygens (including phenoxy) is 3. The molecule has 1 aromatic carbocycles. The van der Waals surface area contributed by atoms with Gasteiger partial charge in [0.05, 0.1) is 39.6 Å². The first-order chi connectivity index (χ1) is 8.29. The first-order valence-electron chi connectivity index (χ1n) is 6.06. The van der Waals surface area contributed by atoms with Gasteiger partial charge in [0.2, 0.25) is 0 Å². The minimum Gasteiger partial charge on any atom is -0.378 e. The van der Waals surface area contributed by atoms with E-state index < -0.39 is 0 Å². The first kappa shape index (κ1) is 12.6. The smallest absolute Gasteiger partial charge is 0.0717 e. The number of benzene rings is 1. The SMILES string of the molecule is CC1(COCc2ccccc2)COCCOC1. The molecule has 0 N–H and O–H groups in total. The van der Waals surface area contributed by atoms with E-state index in [1.807, 2.05) is 18.2 Å². The van der Waals surface area contributed by atoms with Crippen molar-refractivity contribution in [3.63, 3.8) is 0 Å². The van der Waals surface area contributed by atoms with Crippen molar-refractivity contribution >= 4 is 0 Å². The van der Waals surface area contributed by atoms with Gasteiger partial charge in [-0.05, 0) is 5.56 Å². The maximum absolute atomic E-state index is 5.76. The summed E-state index contributed by atoms with van der Waals surface area (Å²) >= 11 is 0. The highest BCUT2D eigenvalue weighted by molar-refractivity contribution is 5.13. The van der Waals surface area contributed by atoms with Crippen LogP contribution in [0.5, 0.6) is 0 Å². The van der Waals surface area contributed by atoms with Crippen LogP contribution in [0.2, 0.25) is 0 Å². The molecule has 1 aromatic rings. The highest BCUT2D eigenvalue weighted by atomic mass is 16.5. The highest BCUT2D eigenvalue weighted by Crippen LogP contribution is 2.20. The van der Waals surface area contributed by atoms with E-state index in [2.05, 4.69) is 19.1 Å². The van der Waals surface area contributed by atoms with E-state index in [-0.39, 0.29) is 5.41 Å². The molecule has 0 radical (unpaired) electrons. The molecule has 3 heteroatoms. The third-order valence-corrected chi connectivity index (χ3v) is 2.84. The lowest BCUT2D eigenvalue weighted by Gasteiger charge is -2.26. The quantitative estimate of drug-likeness (QED) is 0.802. The van der Waals surface area contributed by atoms with E-state index in [0.717, 1.165) is 0 Å². The van der Waals surface area contributed by atoms with Crippen LogP contribution >= 0.6 is 0 Å². The molecule has 1 saturated heterocycles. The molecule has 0 aromatic heterocycles. The Kier molecular flexibility index (Phi) is 4.54. The van der Waals surface area contributed by atoms with Gasteiger partial charge in [-0.2, -0.15) is 0 Å². The van der Waals surface area contributed by atoms with Crippen molar-refractivity contribution in [1.29, 1.82) is 0 Å². The Morgan fingerprint density at radius 1 is 1.12 bits per heavy atom. The topological polar surface area (TPSA) is 27.7 Å². The summed E-state index contributed by atoms with van der Waals surface area (Å²) in [5, 5.41) is 0. The third-order valence-electron chi connectivity index (χ3n) is 2.84. The van der Waals surface area contributed by atoms with E-state index in [0.29, 0.717) is 39.6 Å². The fourth-order valence-corrected chi connectivity index (χ4v) is 1.87. The lowest BCUT2D eigenvalue weighted by Crippen LogP contribution is -2.32. The summed E-state index contributed by atoms with van der Waals surface area (Å²) in [6, 6.07) is 10.2. The maximum atomic E-state index is 5.76. The number of hydrogen-bond acceptors (Lipinski definition) is 3. The van der Waals surface area contributed by atoms with Crippen molar-refractivity contribution in [3.8, 4) is 0 Å². The average molecular weight is 236 g/mol. The van der Waals surface area contributed by atoms with Gasteiger partial charge < -0.3 is 14.2 Å². The van der Waals surface area contributed by atoms with Gasteiger partial charge in [-0.1, -0.05) is 37.3 Å². The van der Waals surface area contributed by atoms with Crippen molar-refractivity contribution < 1.29 is 14.2 Å². The molecule has 0 spiro atoms. The van der Waals surface area contributed by atoms with Crippen LogP contribution in [0.15, 0.2) is 30.3 Å².